The van der Waals surface area contributed by atoms with Gasteiger partial charge in [0.25, 0.3) is 0 Å². The zero-order chi connectivity index (χ0) is 21.5. The Labute approximate surface area is 173 Å². The fourth-order valence-electron chi connectivity index (χ4n) is 4.37. The van der Waals surface area contributed by atoms with Gasteiger partial charge in [0.05, 0.1) is 11.1 Å². The Bertz CT molecular complexity index is 797. The van der Waals surface area contributed by atoms with E-state index in [4.69, 9.17) is 0 Å². The number of anilines is 2. The van der Waals surface area contributed by atoms with Gasteiger partial charge in [-0.15, -0.1) is 0 Å². The number of benzene rings is 2. The van der Waals surface area contributed by atoms with Crippen LogP contribution in [0.15, 0.2) is 36.4 Å². The molecule has 0 aliphatic carbocycles. The molecule has 0 aliphatic heterocycles. The van der Waals surface area contributed by atoms with Crippen LogP contribution in [-0.4, -0.2) is 16.6 Å². The van der Waals surface area contributed by atoms with Crippen LogP contribution in [0.3, 0.4) is 0 Å². The van der Waals surface area contributed by atoms with Crippen LogP contribution in [0.4, 0.5) is 11.4 Å². The maximum Gasteiger partial charge on any atom is 0.0575 e. The minimum absolute atomic E-state index is 0.0277. The first-order valence-electron chi connectivity index (χ1n) is 10.4. The van der Waals surface area contributed by atoms with Crippen LogP contribution in [0.25, 0.3) is 0 Å². The third kappa shape index (κ3) is 4.06. The molecule has 0 aliphatic rings. The highest BCUT2D eigenvalue weighted by atomic mass is 15.3. The lowest BCUT2D eigenvalue weighted by atomic mass is 9.77. The number of nitrogens with zero attached hydrogens (tertiary/aromatic N) is 1. The van der Waals surface area contributed by atoms with Crippen molar-refractivity contribution in [2.24, 2.45) is 0 Å². The molecule has 2 rings (SSSR count). The van der Waals surface area contributed by atoms with Gasteiger partial charge in [-0.1, -0.05) is 36.4 Å². The molecule has 154 valence electrons. The van der Waals surface area contributed by atoms with Crippen molar-refractivity contribution in [2.45, 2.75) is 92.8 Å². The van der Waals surface area contributed by atoms with Crippen LogP contribution in [0.5, 0.6) is 0 Å². The maximum absolute atomic E-state index is 3.91. The molecule has 2 aromatic carbocycles. The normalized spacial score (nSPS) is 12.8. The quantitative estimate of drug-likeness (QED) is 0.590. The predicted molar refractivity (Wildman–Crippen MR) is 126 cm³/mol. The van der Waals surface area contributed by atoms with Gasteiger partial charge in [0, 0.05) is 16.9 Å². The number of para-hydroxylation sites is 2. The summed E-state index contributed by atoms with van der Waals surface area (Å²) in [5.74, 6) is 0. The highest BCUT2D eigenvalue weighted by molar-refractivity contribution is 5.64. The van der Waals surface area contributed by atoms with Crippen LogP contribution < -0.4 is 10.2 Å². The van der Waals surface area contributed by atoms with Gasteiger partial charge in [0.2, 0.25) is 0 Å². The number of aryl methyl sites for hydroxylation is 4. The number of hydrogen-bond acceptors (Lipinski definition) is 2. The average molecular weight is 381 g/mol. The zero-order valence-electron chi connectivity index (χ0n) is 19.9. The van der Waals surface area contributed by atoms with E-state index in [9.17, 15) is 0 Å². The van der Waals surface area contributed by atoms with E-state index in [2.05, 4.69) is 123 Å². The molecule has 28 heavy (non-hydrogen) atoms. The van der Waals surface area contributed by atoms with E-state index in [1.54, 1.807) is 0 Å². The third-order valence-electron chi connectivity index (χ3n) is 6.34. The van der Waals surface area contributed by atoms with Gasteiger partial charge < -0.3 is 10.2 Å². The first kappa shape index (κ1) is 22.3. The van der Waals surface area contributed by atoms with Gasteiger partial charge in [-0.2, -0.15) is 0 Å². The molecular formula is C26H40N2. The minimum Gasteiger partial charge on any atom is -0.377 e. The zero-order valence-corrected chi connectivity index (χ0v) is 19.9. The molecule has 0 atom stereocenters. The molecule has 0 spiro atoms. The van der Waals surface area contributed by atoms with Crippen LogP contribution in [0, 0.1) is 27.7 Å². The molecule has 0 saturated heterocycles. The molecule has 0 heterocycles. The molecule has 0 fully saturated rings. The largest absolute Gasteiger partial charge is 0.377 e. The van der Waals surface area contributed by atoms with Crippen LogP contribution in [0.2, 0.25) is 0 Å². The molecular weight excluding hydrogens is 340 g/mol. The van der Waals surface area contributed by atoms with Crippen molar-refractivity contribution in [3.05, 3.63) is 58.7 Å². The fourth-order valence-corrected chi connectivity index (χ4v) is 4.37. The summed E-state index contributed by atoms with van der Waals surface area (Å²) in [7, 11) is 0. The minimum atomic E-state index is -0.175. The van der Waals surface area contributed by atoms with Gasteiger partial charge in [-0.05, 0) is 98.4 Å². The summed E-state index contributed by atoms with van der Waals surface area (Å²) in [6, 6.07) is 13.1. The van der Waals surface area contributed by atoms with E-state index in [0.717, 1.165) is 0 Å². The van der Waals surface area contributed by atoms with E-state index < -0.39 is 0 Å². The third-order valence-corrected chi connectivity index (χ3v) is 6.34. The second-order valence-corrected chi connectivity index (χ2v) is 10.3. The first-order valence-corrected chi connectivity index (χ1v) is 10.4. The van der Waals surface area contributed by atoms with E-state index in [0.29, 0.717) is 0 Å². The molecule has 0 bridgehead atoms. The number of nitrogens with one attached hydrogen (secondary N) is 1. The molecule has 1 N–H and O–H groups in total. The SMILES string of the molecule is Cc1cccc(C)c1NC(C)(C)C(C)(C)N(c1c(C)cccc1C)C(C)(C)C. The smallest absolute Gasteiger partial charge is 0.0575 e. The van der Waals surface area contributed by atoms with Gasteiger partial charge in [0.1, 0.15) is 0 Å². The summed E-state index contributed by atoms with van der Waals surface area (Å²) in [6.07, 6.45) is 0. The Morgan fingerprint density at radius 1 is 0.643 bits per heavy atom. The highest BCUT2D eigenvalue weighted by Gasteiger charge is 2.47. The Hall–Kier alpha value is -1.96. The Morgan fingerprint density at radius 2 is 1.04 bits per heavy atom. The molecule has 0 aromatic heterocycles. The maximum atomic E-state index is 3.91. The Morgan fingerprint density at radius 3 is 1.43 bits per heavy atom. The summed E-state index contributed by atoms with van der Waals surface area (Å²) < 4.78 is 0. The Kier molecular flexibility index (Phi) is 5.95. The molecule has 0 radical (unpaired) electrons. The van der Waals surface area contributed by atoms with Gasteiger partial charge >= 0.3 is 0 Å². The standard InChI is InChI=1S/C26H40N2/c1-18-14-12-15-19(2)22(18)27-25(8,9)26(10,11)28(24(5,6)7)23-20(3)16-13-17-21(23)4/h12-17,27H,1-11H3. The molecule has 2 heteroatoms. The lowest BCUT2D eigenvalue weighted by molar-refractivity contribution is 0.260. The van der Waals surface area contributed by atoms with Crippen molar-refractivity contribution in [3.8, 4) is 0 Å². The molecule has 0 unspecified atom stereocenters. The molecule has 0 saturated carbocycles. The summed E-state index contributed by atoms with van der Waals surface area (Å²) >= 11 is 0. The second kappa shape index (κ2) is 7.46. The van der Waals surface area contributed by atoms with Gasteiger partial charge in [-0.3, -0.25) is 0 Å². The monoisotopic (exact) mass is 380 g/mol. The number of rotatable bonds is 5. The predicted octanol–water partition coefficient (Wildman–Crippen LogP) is 7.19. The molecule has 0 amide bonds. The van der Waals surface area contributed by atoms with E-state index in [-0.39, 0.29) is 16.6 Å². The van der Waals surface area contributed by atoms with Crippen LogP contribution >= 0.6 is 0 Å². The fraction of sp³-hybridized carbons (Fsp3) is 0.538. The molecule has 2 nitrogen and oxygen atoms in total. The van der Waals surface area contributed by atoms with Crippen molar-refractivity contribution in [2.75, 3.05) is 10.2 Å². The van der Waals surface area contributed by atoms with Crippen molar-refractivity contribution in [3.63, 3.8) is 0 Å². The first-order chi connectivity index (χ1) is 12.7. The topological polar surface area (TPSA) is 15.3 Å². The van der Waals surface area contributed by atoms with E-state index >= 15 is 0 Å². The van der Waals surface area contributed by atoms with Crippen molar-refractivity contribution in [1.82, 2.24) is 0 Å². The average Bonchev–Trinajstić information content (AvgIpc) is 2.53. The van der Waals surface area contributed by atoms with Crippen molar-refractivity contribution in [1.29, 1.82) is 0 Å². The second-order valence-electron chi connectivity index (χ2n) is 10.3. The summed E-state index contributed by atoms with van der Waals surface area (Å²) in [4.78, 5) is 2.62. The van der Waals surface area contributed by atoms with Crippen molar-refractivity contribution >= 4 is 11.4 Å². The summed E-state index contributed by atoms with van der Waals surface area (Å²) in [5, 5.41) is 3.91. The Balaban J connectivity index is 2.61. The summed E-state index contributed by atoms with van der Waals surface area (Å²) in [5.41, 5.74) is 7.46. The summed E-state index contributed by atoms with van der Waals surface area (Å²) in [6.45, 7) is 25.1. The van der Waals surface area contributed by atoms with Crippen molar-refractivity contribution < 1.29 is 0 Å². The van der Waals surface area contributed by atoms with E-state index in [1.165, 1.54) is 33.6 Å². The number of hydrogen-bond donors (Lipinski definition) is 1. The lowest BCUT2D eigenvalue weighted by Gasteiger charge is -2.57. The van der Waals surface area contributed by atoms with Gasteiger partial charge in [0.15, 0.2) is 0 Å². The lowest BCUT2D eigenvalue weighted by Crippen LogP contribution is -2.67. The molecule has 2 aromatic rings. The van der Waals surface area contributed by atoms with E-state index in [1.807, 2.05) is 0 Å². The van der Waals surface area contributed by atoms with Gasteiger partial charge in [-0.25, -0.2) is 0 Å². The highest BCUT2D eigenvalue weighted by Crippen LogP contribution is 2.42. The van der Waals surface area contributed by atoms with Crippen LogP contribution in [0.1, 0.15) is 70.7 Å². The van der Waals surface area contributed by atoms with Crippen LogP contribution in [-0.2, 0) is 0 Å².